The molecule has 1 rings (SSSR count). The first-order chi connectivity index (χ1) is 13.5. The number of carboxylic acids is 2. The average molecular weight is 400 g/mol. The fourth-order valence-electron chi connectivity index (χ4n) is 3.32. The number of rotatable bonds is 9. The molecule has 0 fully saturated rings. The van der Waals surface area contributed by atoms with Gasteiger partial charge in [-0.2, -0.15) is 0 Å². The second-order valence-corrected chi connectivity index (χ2v) is 8.20. The highest BCUT2D eigenvalue weighted by Crippen LogP contribution is 2.40. The number of hydrogen-bond donors (Lipinski definition) is 2. The molecule has 0 saturated heterocycles. The van der Waals surface area contributed by atoms with Crippen LogP contribution in [0.4, 0.5) is 0 Å². The van der Waals surface area contributed by atoms with Gasteiger partial charge in [-0.05, 0) is 62.7 Å². The van der Waals surface area contributed by atoms with Gasteiger partial charge in [0.05, 0.1) is 6.42 Å². The van der Waals surface area contributed by atoms with E-state index < -0.39 is 24.4 Å². The van der Waals surface area contributed by atoms with Crippen LogP contribution in [-0.4, -0.2) is 34.4 Å². The Morgan fingerprint density at radius 1 is 1.14 bits per heavy atom. The number of aliphatic imine (C=N–C) groups is 1. The maximum atomic E-state index is 11.0. The van der Waals surface area contributed by atoms with Crippen molar-refractivity contribution >= 4 is 18.2 Å². The highest BCUT2D eigenvalue weighted by Gasteiger charge is 2.26. The van der Waals surface area contributed by atoms with Crippen molar-refractivity contribution in [2.75, 3.05) is 0 Å². The van der Waals surface area contributed by atoms with E-state index in [4.69, 9.17) is 10.2 Å². The quantitative estimate of drug-likeness (QED) is 0.395. The van der Waals surface area contributed by atoms with Gasteiger partial charge in [0.25, 0.3) is 0 Å². The molecule has 29 heavy (non-hydrogen) atoms. The van der Waals surface area contributed by atoms with Crippen LogP contribution in [0.1, 0.15) is 60.3 Å². The van der Waals surface area contributed by atoms with Crippen LogP contribution < -0.4 is 0 Å². The minimum atomic E-state index is -1.27. The van der Waals surface area contributed by atoms with Crippen molar-refractivity contribution in [3.8, 4) is 0 Å². The second-order valence-electron chi connectivity index (χ2n) is 8.20. The molecule has 1 aliphatic rings. The van der Waals surface area contributed by atoms with E-state index in [0.29, 0.717) is 0 Å². The minimum Gasteiger partial charge on any atom is -0.481 e. The third-order valence-electron chi connectivity index (χ3n) is 5.03. The van der Waals surface area contributed by atoms with E-state index >= 15 is 0 Å². The fourth-order valence-corrected chi connectivity index (χ4v) is 3.32. The standard InChI is InChI=1S/C24H33NO4/c1-17(11-12-20-19(3)10-7-14-24(20,4)5)8-6-9-18(2)13-15-25-21(23(28)29)16-22(26)27/h6,8-9,11-13,15,21H,7,10,14,16H2,1-5H3,(H,26,27)(H,28,29)/b9-6+,12-11+,17-8+,18-13+,25-15?. The molecule has 2 N–H and O–H groups in total. The van der Waals surface area contributed by atoms with Crippen molar-refractivity contribution in [3.63, 3.8) is 0 Å². The normalized spacial score (nSPS) is 19.5. The summed E-state index contributed by atoms with van der Waals surface area (Å²) in [5, 5.41) is 17.7. The summed E-state index contributed by atoms with van der Waals surface area (Å²) < 4.78 is 0. The Kier molecular flexibility index (Phi) is 9.53. The number of aliphatic carboxylic acids is 2. The van der Waals surface area contributed by atoms with Crippen molar-refractivity contribution in [2.24, 2.45) is 10.4 Å². The predicted molar refractivity (Wildman–Crippen MR) is 118 cm³/mol. The molecule has 158 valence electrons. The number of nitrogens with zero attached hydrogens (tertiary/aromatic N) is 1. The summed E-state index contributed by atoms with van der Waals surface area (Å²) in [5.41, 5.74) is 5.15. The molecule has 0 spiro atoms. The first kappa shape index (κ1) is 24.3. The second kappa shape index (κ2) is 11.3. The lowest BCUT2D eigenvalue weighted by Crippen LogP contribution is -2.21. The van der Waals surface area contributed by atoms with E-state index in [-0.39, 0.29) is 5.41 Å². The van der Waals surface area contributed by atoms with E-state index in [1.807, 2.05) is 25.2 Å². The van der Waals surface area contributed by atoms with Crippen LogP contribution >= 0.6 is 0 Å². The third-order valence-corrected chi connectivity index (χ3v) is 5.03. The molecule has 0 saturated carbocycles. The van der Waals surface area contributed by atoms with Crippen molar-refractivity contribution < 1.29 is 19.8 Å². The molecule has 0 heterocycles. The van der Waals surface area contributed by atoms with Crippen molar-refractivity contribution in [2.45, 2.75) is 66.3 Å². The van der Waals surface area contributed by atoms with E-state index in [1.165, 1.54) is 36.6 Å². The summed E-state index contributed by atoms with van der Waals surface area (Å²) in [6.45, 7) is 10.7. The van der Waals surface area contributed by atoms with Crippen molar-refractivity contribution in [1.82, 2.24) is 0 Å². The van der Waals surface area contributed by atoms with E-state index in [1.54, 1.807) is 6.08 Å². The maximum Gasteiger partial charge on any atom is 0.329 e. The summed E-state index contributed by atoms with van der Waals surface area (Å²) in [5.74, 6) is -2.44. The zero-order valence-electron chi connectivity index (χ0n) is 18.1. The zero-order valence-corrected chi connectivity index (χ0v) is 18.1. The Bertz CT molecular complexity index is 792. The molecule has 5 nitrogen and oxygen atoms in total. The first-order valence-electron chi connectivity index (χ1n) is 9.91. The van der Waals surface area contributed by atoms with Crippen LogP contribution in [0.15, 0.2) is 63.7 Å². The SMILES string of the molecule is CC1=C(/C=C/C(C)=C/C=C/C(C)=C/C=NC(CC(=O)O)C(=O)O)C(C)(C)CCC1. The topological polar surface area (TPSA) is 87.0 Å². The van der Waals surface area contributed by atoms with Crippen LogP contribution in [0.3, 0.4) is 0 Å². The lowest BCUT2D eigenvalue weighted by Gasteiger charge is -2.32. The molecule has 0 aromatic carbocycles. The van der Waals surface area contributed by atoms with Gasteiger partial charge in [-0.15, -0.1) is 0 Å². The Balaban J connectivity index is 2.73. The lowest BCUT2D eigenvalue weighted by molar-refractivity contribution is -0.144. The highest BCUT2D eigenvalue weighted by atomic mass is 16.4. The molecular formula is C24H33NO4. The molecule has 5 heteroatoms. The van der Waals surface area contributed by atoms with Gasteiger partial charge < -0.3 is 10.2 Å². The summed E-state index contributed by atoms with van der Waals surface area (Å²) in [4.78, 5) is 25.4. The van der Waals surface area contributed by atoms with Gasteiger partial charge in [-0.3, -0.25) is 9.79 Å². The minimum absolute atomic E-state index is 0.224. The largest absolute Gasteiger partial charge is 0.481 e. The van der Waals surface area contributed by atoms with Gasteiger partial charge in [0, 0.05) is 6.21 Å². The molecule has 0 aromatic rings. The number of carboxylic acid groups (broad SMARTS) is 2. The van der Waals surface area contributed by atoms with Crippen LogP contribution in [-0.2, 0) is 9.59 Å². The lowest BCUT2D eigenvalue weighted by atomic mass is 9.72. The number of carbonyl (C=O) groups is 2. The van der Waals surface area contributed by atoms with Crippen LogP contribution in [0, 0.1) is 5.41 Å². The third kappa shape index (κ3) is 8.90. The fraction of sp³-hybridized carbons (Fsp3) is 0.458. The summed E-state index contributed by atoms with van der Waals surface area (Å²) in [6, 6.07) is -1.27. The van der Waals surface area contributed by atoms with E-state index in [2.05, 4.69) is 44.8 Å². The number of hydrogen-bond acceptors (Lipinski definition) is 3. The van der Waals surface area contributed by atoms with Gasteiger partial charge in [-0.1, -0.05) is 55.4 Å². The maximum absolute atomic E-state index is 11.0. The van der Waals surface area contributed by atoms with Gasteiger partial charge >= 0.3 is 11.9 Å². The molecule has 0 aliphatic heterocycles. The number of allylic oxidation sites excluding steroid dienone is 10. The smallest absolute Gasteiger partial charge is 0.329 e. The Hall–Kier alpha value is -2.69. The molecule has 0 aromatic heterocycles. The summed E-state index contributed by atoms with van der Waals surface area (Å²) >= 11 is 0. The predicted octanol–water partition coefficient (Wildman–Crippen LogP) is 5.52. The molecule has 1 aliphatic carbocycles. The Labute approximate surface area is 173 Å². The zero-order chi connectivity index (χ0) is 22.0. The van der Waals surface area contributed by atoms with Gasteiger partial charge in [0.2, 0.25) is 0 Å². The summed E-state index contributed by atoms with van der Waals surface area (Å²) in [6.07, 6.45) is 16.3. The first-order valence-corrected chi connectivity index (χ1v) is 9.91. The Morgan fingerprint density at radius 2 is 1.79 bits per heavy atom. The van der Waals surface area contributed by atoms with Gasteiger partial charge in [0.15, 0.2) is 6.04 Å². The van der Waals surface area contributed by atoms with Gasteiger partial charge in [-0.25, -0.2) is 4.79 Å². The van der Waals surface area contributed by atoms with Crippen molar-refractivity contribution in [1.29, 1.82) is 0 Å². The molecule has 1 unspecified atom stereocenters. The van der Waals surface area contributed by atoms with Crippen LogP contribution in [0.25, 0.3) is 0 Å². The molecule has 1 atom stereocenters. The molecule has 0 radical (unpaired) electrons. The van der Waals surface area contributed by atoms with E-state index in [0.717, 1.165) is 11.1 Å². The molecular weight excluding hydrogens is 366 g/mol. The average Bonchev–Trinajstić information content (AvgIpc) is 2.59. The molecule has 0 bridgehead atoms. The van der Waals surface area contributed by atoms with Crippen LogP contribution in [0.2, 0.25) is 0 Å². The van der Waals surface area contributed by atoms with E-state index in [9.17, 15) is 9.59 Å². The Morgan fingerprint density at radius 3 is 2.38 bits per heavy atom. The van der Waals surface area contributed by atoms with Crippen molar-refractivity contribution in [3.05, 3.63) is 58.7 Å². The molecule has 0 amide bonds. The van der Waals surface area contributed by atoms with Crippen LogP contribution in [0.5, 0.6) is 0 Å². The summed E-state index contributed by atoms with van der Waals surface area (Å²) in [7, 11) is 0. The van der Waals surface area contributed by atoms with Gasteiger partial charge in [0.1, 0.15) is 0 Å². The monoisotopic (exact) mass is 399 g/mol. The highest BCUT2D eigenvalue weighted by molar-refractivity contribution is 5.83.